The zero-order valence-corrected chi connectivity index (χ0v) is 14.1. The summed E-state index contributed by atoms with van der Waals surface area (Å²) in [4.78, 5) is 0. The van der Waals surface area contributed by atoms with Gasteiger partial charge in [-0.25, -0.2) is 0 Å². The van der Waals surface area contributed by atoms with Crippen LogP contribution in [0.15, 0.2) is 46.9 Å². The van der Waals surface area contributed by atoms with Crippen molar-refractivity contribution in [1.82, 2.24) is 5.32 Å². The van der Waals surface area contributed by atoms with Gasteiger partial charge in [0.1, 0.15) is 17.2 Å². The van der Waals surface area contributed by atoms with Crippen LogP contribution >= 0.6 is 15.9 Å². The van der Waals surface area contributed by atoms with E-state index in [1.807, 2.05) is 36.4 Å². The molecule has 0 aliphatic carbocycles. The van der Waals surface area contributed by atoms with Crippen LogP contribution in [0, 0.1) is 0 Å². The Morgan fingerprint density at radius 1 is 1.05 bits per heavy atom. The molecule has 0 heterocycles. The van der Waals surface area contributed by atoms with Crippen molar-refractivity contribution in [2.24, 2.45) is 0 Å². The van der Waals surface area contributed by atoms with E-state index in [0.29, 0.717) is 6.04 Å². The molecule has 2 aromatic rings. The Labute approximate surface area is 134 Å². The van der Waals surface area contributed by atoms with E-state index in [4.69, 9.17) is 9.47 Å². The Morgan fingerprint density at radius 2 is 1.76 bits per heavy atom. The number of benzene rings is 2. The lowest BCUT2D eigenvalue weighted by atomic mass is 10.2. The van der Waals surface area contributed by atoms with Crippen molar-refractivity contribution in [3.05, 3.63) is 52.5 Å². The van der Waals surface area contributed by atoms with Crippen LogP contribution in [-0.4, -0.2) is 13.2 Å². The number of rotatable bonds is 6. The fourth-order valence-corrected chi connectivity index (χ4v) is 2.35. The quantitative estimate of drug-likeness (QED) is 0.816. The number of halogens is 1. The second-order valence-corrected chi connectivity index (χ2v) is 5.92. The average molecular weight is 350 g/mol. The van der Waals surface area contributed by atoms with E-state index in [2.05, 4.69) is 41.2 Å². The van der Waals surface area contributed by atoms with Gasteiger partial charge in [0, 0.05) is 23.1 Å². The van der Waals surface area contributed by atoms with E-state index in [0.717, 1.165) is 28.3 Å². The molecule has 0 fully saturated rings. The molecule has 0 radical (unpaired) electrons. The summed E-state index contributed by atoms with van der Waals surface area (Å²) >= 11 is 3.59. The van der Waals surface area contributed by atoms with Gasteiger partial charge in [0.15, 0.2) is 0 Å². The maximum atomic E-state index is 5.85. The van der Waals surface area contributed by atoms with Gasteiger partial charge in [-0.2, -0.15) is 0 Å². The normalized spacial score (nSPS) is 10.7. The molecule has 0 aliphatic heterocycles. The Morgan fingerprint density at radius 3 is 2.43 bits per heavy atom. The third-order valence-electron chi connectivity index (χ3n) is 3.00. The van der Waals surface area contributed by atoms with Crippen LogP contribution in [0.3, 0.4) is 0 Å². The maximum absolute atomic E-state index is 5.85. The van der Waals surface area contributed by atoms with Crippen molar-refractivity contribution in [1.29, 1.82) is 0 Å². The summed E-state index contributed by atoms with van der Waals surface area (Å²) in [6.07, 6.45) is 0. The van der Waals surface area contributed by atoms with Gasteiger partial charge < -0.3 is 14.8 Å². The maximum Gasteiger partial charge on any atom is 0.131 e. The summed E-state index contributed by atoms with van der Waals surface area (Å²) in [5, 5.41) is 3.40. The van der Waals surface area contributed by atoms with Gasteiger partial charge in [-0.05, 0) is 29.8 Å². The highest BCUT2D eigenvalue weighted by Crippen LogP contribution is 2.28. The van der Waals surface area contributed by atoms with Crippen LogP contribution in [0.4, 0.5) is 0 Å². The largest absolute Gasteiger partial charge is 0.497 e. The van der Waals surface area contributed by atoms with E-state index >= 15 is 0 Å². The fourth-order valence-electron chi connectivity index (χ4n) is 1.85. The predicted octanol–water partition coefficient (Wildman–Crippen LogP) is 4.75. The summed E-state index contributed by atoms with van der Waals surface area (Å²) in [6.45, 7) is 5.10. The third-order valence-corrected chi connectivity index (χ3v) is 3.74. The van der Waals surface area contributed by atoms with E-state index in [1.165, 1.54) is 5.56 Å². The number of methoxy groups -OCH3 is 1. The van der Waals surface area contributed by atoms with Crippen molar-refractivity contribution in [3.63, 3.8) is 0 Å². The molecule has 2 aromatic carbocycles. The smallest absolute Gasteiger partial charge is 0.131 e. The molecular formula is C17H20BrNO2. The zero-order valence-electron chi connectivity index (χ0n) is 12.5. The predicted molar refractivity (Wildman–Crippen MR) is 89.2 cm³/mol. The van der Waals surface area contributed by atoms with Crippen molar-refractivity contribution in [3.8, 4) is 17.2 Å². The summed E-state index contributed by atoms with van der Waals surface area (Å²) in [6, 6.07) is 14.1. The lowest BCUT2D eigenvalue weighted by Crippen LogP contribution is -2.21. The average Bonchev–Trinajstić information content (AvgIpc) is 2.46. The topological polar surface area (TPSA) is 30.5 Å². The van der Waals surface area contributed by atoms with Gasteiger partial charge >= 0.3 is 0 Å². The molecule has 1 N–H and O–H groups in total. The Kier molecular flexibility index (Phi) is 5.65. The Hall–Kier alpha value is -1.52. The van der Waals surface area contributed by atoms with E-state index < -0.39 is 0 Å². The van der Waals surface area contributed by atoms with Gasteiger partial charge in [-0.3, -0.25) is 0 Å². The molecule has 0 saturated carbocycles. The van der Waals surface area contributed by atoms with Crippen molar-refractivity contribution in [2.45, 2.75) is 26.4 Å². The number of hydrogen-bond acceptors (Lipinski definition) is 3. The number of ether oxygens (including phenoxy) is 2. The molecule has 4 heteroatoms. The molecule has 112 valence electrons. The van der Waals surface area contributed by atoms with Crippen molar-refractivity contribution < 1.29 is 9.47 Å². The molecule has 0 spiro atoms. The number of nitrogens with one attached hydrogen (secondary N) is 1. The number of hydrogen-bond donors (Lipinski definition) is 1. The van der Waals surface area contributed by atoms with Gasteiger partial charge in [0.2, 0.25) is 0 Å². The minimum Gasteiger partial charge on any atom is -0.497 e. The van der Waals surface area contributed by atoms with Crippen molar-refractivity contribution in [2.75, 3.05) is 7.11 Å². The van der Waals surface area contributed by atoms with Crippen LogP contribution in [0.5, 0.6) is 17.2 Å². The second kappa shape index (κ2) is 7.48. The Balaban J connectivity index is 2.09. The molecule has 0 unspecified atom stereocenters. The second-order valence-electron chi connectivity index (χ2n) is 5.07. The summed E-state index contributed by atoms with van der Waals surface area (Å²) in [5.41, 5.74) is 1.21. The van der Waals surface area contributed by atoms with Crippen molar-refractivity contribution >= 4 is 15.9 Å². The van der Waals surface area contributed by atoms with Gasteiger partial charge in [0.05, 0.1) is 7.11 Å². The first kappa shape index (κ1) is 15.9. The molecule has 0 amide bonds. The van der Waals surface area contributed by atoms with Gasteiger partial charge in [-0.15, -0.1) is 0 Å². The standard InChI is InChI=1S/C17H20BrNO2/c1-12(2)19-11-13-7-8-16(10-17(13)18)21-15-6-4-5-14(9-15)20-3/h4-10,12,19H,11H2,1-3H3. The Bertz CT molecular complexity index is 599. The molecule has 0 aromatic heterocycles. The van der Waals surface area contributed by atoms with Crippen LogP contribution in [0.2, 0.25) is 0 Å². The van der Waals surface area contributed by atoms with Crippen LogP contribution in [0.1, 0.15) is 19.4 Å². The molecule has 21 heavy (non-hydrogen) atoms. The van der Waals surface area contributed by atoms with E-state index in [1.54, 1.807) is 7.11 Å². The minimum atomic E-state index is 0.463. The van der Waals surface area contributed by atoms with Crippen LogP contribution in [0.25, 0.3) is 0 Å². The van der Waals surface area contributed by atoms with Crippen LogP contribution in [-0.2, 0) is 6.54 Å². The van der Waals surface area contributed by atoms with Crippen LogP contribution < -0.4 is 14.8 Å². The van der Waals surface area contributed by atoms with Gasteiger partial charge in [0.25, 0.3) is 0 Å². The first-order valence-corrected chi connectivity index (χ1v) is 7.71. The lowest BCUT2D eigenvalue weighted by Gasteiger charge is -2.12. The highest BCUT2D eigenvalue weighted by molar-refractivity contribution is 9.10. The highest BCUT2D eigenvalue weighted by Gasteiger charge is 2.05. The van der Waals surface area contributed by atoms with E-state index in [9.17, 15) is 0 Å². The first-order valence-electron chi connectivity index (χ1n) is 6.92. The summed E-state index contributed by atoms with van der Waals surface area (Å²) < 4.78 is 12.1. The minimum absolute atomic E-state index is 0.463. The summed E-state index contributed by atoms with van der Waals surface area (Å²) in [7, 11) is 1.65. The van der Waals surface area contributed by atoms with Gasteiger partial charge in [-0.1, -0.05) is 41.9 Å². The third kappa shape index (κ3) is 4.76. The molecule has 0 atom stereocenters. The SMILES string of the molecule is COc1cccc(Oc2ccc(CNC(C)C)c(Br)c2)c1. The molecule has 3 nitrogen and oxygen atoms in total. The first-order chi connectivity index (χ1) is 10.1. The fraction of sp³-hybridized carbons (Fsp3) is 0.294. The highest BCUT2D eigenvalue weighted by atomic mass is 79.9. The monoisotopic (exact) mass is 349 g/mol. The zero-order chi connectivity index (χ0) is 15.2. The molecule has 2 rings (SSSR count). The molecule has 0 aliphatic rings. The van der Waals surface area contributed by atoms with E-state index in [-0.39, 0.29) is 0 Å². The molecular weight excluding hydrogens is 330 g/mol. The summed E-state index contributed by atoms with van der Waals surface area (Å²) in [5.74, 6) is 2.34. The molecule has 0 saturated heterocycles. The lowest BCUT2D eigenvalue weighted by molar-refractivity contribution is 0.409. The molecule has 0 bridgehead atoms.